The van der Waals surface area contributed by atoms with E-state index in [2.05, 4.69) is 13.8 Å². The van der Waals surface area contributed by atoms with Gasteiger partial charge in [0.2, 0.25) is 0 Å². The maximum absolute atomic E-state index is 5.59. The summed E-state index contributed by atoms with van der Waals surface area (Å²) in [4.78, 5) is 0. The van der Waals surface area contributed by atoms with Gasteiger partial charge in [0.05, 0.1) is 18.8 Å². The predicted molar refractivity (Wildman–Crippen MR) is 59.6 cm³/mol. The Morgan fingerprint density at radius 1 is 1.14 bits per heavy atom. The van der Waals surface area contributed by atoms with Gasteiger partial charge in [-0.05, 0) is 12.8 Å². The van der Waals surface area contributed by atoms with Crippen LogP contribution < -0.4 is 5.32 Å². The van der Waals surface area contributed by atoms with Crippen LogP contribution in [0.2, 0.25) is 0 Å². The molecule has 1 radical (unpaired) electrons. The molecule has 0 bridgehead atoms. The summed E-state index contributed by atoms with van der Waals surface area (Å²) < 4.78 is 5.59. The Morgan fingerprint density at radius 3 is 2.21 bits per heavy atom. The first-order valence-corrected chi connectivity index (χ1v) is 6.09. The third-order valence-electron chi connectivity index (χ3n) is 3.04. The molecule has 1 aliphatic heterocycles. The van der Waals surface area contributed by atoms with E-state index in [1.807, 2.05) is 0 Å². The summed E-state index contributed by atoms with van der Waals surface area (Å²) >= 11 is 0. The van der Waals surface area contributed by atoms with Gasteiger partial charge in [-0.25, -0.2) is 5.32 Å². The minimum Gasteiger partial charge on any atom is -0.378 e. The van der Waals surface area contributed by atoms with Crippen LogP contribution in [0.3, 0.4) is 0 Å². The number of rotatable bonds is 6. The van der Waals surface area contributed by atoms with Crippen molar-refractivity contribution in [3.8, 4) is 0 Å². The quantitative estimate of drug-likeness (QED) is 0.643. The van der Waals surface area contributed by atoms with Crippen molar-refractivity contribution < 1.29 is 4.74 Å². The Balaban J connectivity index is 2.39. The van der Waals surface area contributed by atoms with E-state index in [1.54, 1.807) is 0 Å². The molecule has 1 saturated heterocycles. The summed E-state index contributed by atoms with van der Waals surface area (Å²) in [5.41, 5.74) is 0.185. The molecule has 2 heteroatoms. The van der Waals surface area contributed by atoms with E-state index in [0.29, 0.717) is 0 Å². The standard InChI is InChI=1S/C12H24NO/c1-3-5-7-12(8-6-4-2)11-14-10-9-13-12/h3-11H2,1-2H3. The highest BCUT2D eigenvalue weighted by atomic mass is 16.5. The number of nitrogens with zero attached hydrogens (tertiary/aromatic N) is 1. The van der Waals surface area contributed by atoms with E-state index >= 15 is 0 Å². The van der Waals surface area contributed by atoms with Crippen LogP contribution in [0.5, 0.6) is 0 Å². The monoisotopic (exact) mass is 198 g/mol. The molecule has 0 aromatic rings. The summed E-state index contributed by atoms with van der Waals surface area (Å²) in [6.45, 7) is 7.11. The zero-order valence-corrected chi connectivity index (χ0v) is 9.72. The highest BCUT2D eigenvalue weighted by Crippen LogP contribution is 2.25. The molecule has 0 unspecified atom stereocenters. The van der Waals surface area contributed by atoms with Crippen LogP contribution in [0.25, 0.3) is 0 Å². The molecular weight excluding hydrogens is 174 g/mol. The normalized spacial score (nSPS) is 21.0. The van der Waals surface area contributed by atoms with Crippen LogP contribution in [0.15, 0.2) is 0 Å². The number of hydrogen-bond donors (Lipinski definition) is 0. The Morgan fingerprint density at radius 2 is 1.79 bits per heavy atom. The smallest absolute Gasteiger partial charge is 0.0664 e. The zero-order chi connectivity index (χ0) is 10.3. The van der Waals surface area contributed by atoms with Gasteiger partial charge in [0.25, 0.3) is 0 Å². The Labute approximate surface area is 88.4 Å². The van der Waals surface area contributed by atoms with E-state index in [-0.39, 0.29) is 5.54 Å². The number of unbranched alkanes of at least 4 members (excludes halogenated alkanes) is 2. The summed E-state index contributed by atoms with van der Waals surface area (Å²) in [6, 6.07) is 0. The van der Waals surface area contributed by atoms with E-state index in [9.17, 15) is 0 Å². The molecule has 1 fully saturated rings. The predicted octanol–water partition coefficient (Wildman–Crippen LogP) is 2.74. The molecule has 0 atom stereocenters. The van der Waals surface area contributed by atoms with Crippen molar-refractivity contribution in [1.29, 1.82) is 0 Å². The third-order valence-corrected chi connectivity index (χ3v) is 3.04. The van der Waals surface area contributed by atoms with Crippen LogP contribution >= 0.6 is 0 Å². The van der Waals surface area contributed by atoms with Gasteiger partial charge in [-0.3, -0.25) is 0 Å². The van der Waals surface area contributed by atoms with Crippen molar-refractivity contribution in [2.24, 2.45) is 0 Å². The highest BCUT2D eigenvalue weighted by Gasteiger charge is 2.32. The number of hydrogen-bond acceptors (Lipinski definition) is 1. The van der Waals surface area contributed by atoms with E-state index in [1.165, 1.54) is 38.5 Å². The van der Waals surface area contributed by atoms with E-state index in [4.69, 9.17) is 10.1 Å². The van der Waals surface area contributed by atoms with Crippen molar-refractivity contribution in [3.05, 3.63) is 0 Å². The topological polar surface area (TPSA) is 23.3 Å². The maximum Gasteiger partial charge on any atom is 0.0664 e. The molecule has 2 nitrogen and oxygen atoms in total. The first-order chi connectivity index (χ1) is 6.83. The molecule has 83 valence electrons. The van der Waals surface area contributed by atoms with Crippen LogP contribution in [0.1, 0.15) is 52.4 Å². The first kappa shape index (κ1) is 12.0. The van der Waals surface area contributed by atoms with Crippen LogP contribution in [0.4, 0.5) is 0 Å². The molecule has 0 aliphatic carbocycles. The lowest BCUT2D eigenvalue weighted by molar-refractivity contribution is 0.0139. The van der Waals surface area contributed by atoms with Gasteiger partial charge in [-0.1, -0.05) is 39.5 Å². The molecule has 0 amide bonds. The van der Waals surface area contributed by atoms with Gasteiger partial charge < -0.3 is 4.74 Å². The minimum absolute atomic E-state index is 0.185. The lowest BCUT2D eigenvalue weighted by Gasteiger charge is -2.36. The molecule has 1 rings (SSSR count). The lowest BCUT2D eigenvalue weighted by atomic mass is 9.87. The Bertz CT molecular complexity index is 131. The zero-order valence-electron chi connectivity index (χ0n) is 9.72. The summed E-state index contributed by atoms with van der Waals surface area (Å²) in [7, 11) is 0. The second-order valence-corrected chi connectivity index (χ2v) is 4.37. The average Bonchev–Trinajstić information content (AvgIpc) is 2.25. The van der Waals surface area contributed by atoms with Gasteiger partial charge in [-0.15, -0.1) is 0 Å². The number of morpholine rings is 1. The summed E-state index contributed by atoms with van der Waals surface area (Å²) in [5, 5.41) is 4.81. The fraction of sp³-hybridized carbons (Fsp3) is 1.00. The summed E-state index contributed by atoms with van der Waals surface area (Å²) in [6.07, 6.45) is 7.56. The van der Waals surface area contributed by atoms with Crippen molar-refractivity contribution in [2.45, 2.75) is 57.9 Å². The van der Waals surface area contributed by atoms with Crippen molar-refractivity contribution >= 4 is 0 Å². The largest absolute Gasteiger partial charge is 0.378 e. The molecule has 0 N–H and O–H groups in total. The van der Waals surface area contributed by atoms with Gasteiger partial charge >= 0.3 is 0 Å². The summed E-state index contributed by atoms with van der Waals surface area (Å²) in [5.74, 6) is 0. The van der Waals surface area contributed by atoms with Crippen LogP contribution in [-0.2, 0) is 4.74 Å². The highest BCUT2D eigenvalue weighted by molar-refractivity contribution is 4.89. The molecule has 0 aromatic carbocycles. The molecule has 14 heavy (non-hydrogen) atoms. The minimum atomic E-state index is 0.185. The van der Waals surface area contributed by atoms with Crippen LogP contribution in [0, 0.1) is 0 Å². The van der Waals surface area contributed by atoms with Crippen molar-refractivity contribution in [1.82, 2.24) is 5.32 Å². The number of ether oxygens (including phenoxy) is 1. The average molecular weight is 198 g/mol. The van der Waals surface area contributed by atoms with Gasteiger partial charge in [0.1, 0.15) is 0 Å². The van der Waals surface area contributed by atoms with Crippen molar-refractivity contribution in [2.75, 3.05) is 19.8 Å². The van der Waals surface area contributed by atoms with Crippen molar-refractivity contribution in [3.63, 3.8) is 0 Å². The van der Waals surface area contributed by atoms with E-state index < -0.39 is 0 Å². The fourth-order valence-electron chi connectivity index (χ4n) is 2.09. The molecule has 0 aromatic heterocycles. The SMILES string of the molecule is CCCCC1(CCCC)COCC[N]1. The first-order valence-electron chi connectivity index (χ1n) is 6.09. The molecule has 1 heterocycles. The molecular formula is C12H24NO. The van der Waals surface area contributed by atoms with Gasteiger partial charge in [0.15, 0.2) is 0 Å². The third kappa shape index (κ3) is 3.58. The second-order valence-electron chi connectivity index (χ2n) is 4.37. The molecule has 0 spiro atoms. The lowest BCUT2D eigenvalue weighted by Crippen LogP contribution is -2.49. The maximum atomic E-state index is 5.59. The van der Waals surface area contributed by atoms with Crippen LogP contribution in [-0.4, -0.2) is 25.3 Å². The Hall–Kier alpha value is -0.0800. The van der Waals surface area contributed by atoms with Gasteiger partial charge in [0, 0.05) is 6.54 Å². The Kier molecular flexibility index (Phi) is 5.49. The molecule has 0 saturated carbocycles. The molecule has 1 aliphatic rings. The fourth-order valence-corrected chi connectivity index (χ4v) is 2.09. The second kappa shape index (κ2) is 6.41. The van der Waals surface area contributed by atoms with Gasteiger partial charge in [-0.2, -0.15) is 0 Å². The van der Waals surface area contributed by atoms with E-state index in [0.717, 1.165) is 19.8 Å².